The van der Waals surface area contributed by atoms with Crippen molar-refractivity contribution in [1.82, 2.24) is 10.2 Å². The molecule has 4 nitrogen and oxygen atoms in total. The number of hydrogen-bond acceptors (Lipinski definition) is 3. The van der Waals surface area contributed by atoms with Crippen molar-refractivity contribution in [3.05, 3.63) is 0 Å². The summed E-state index contributed by atoms with van der Waals surface area (Å²) in [5.41, 5.74) is 0.0187. The molecular weight excluding hydrogens is 252 g/mol. The molecule has 0 aromatic carbocycles. The van der Waals surface area contributed by atoms with Gasteiger partial charge in [0.15, 0.2) is 0 Å². The van der Waals surface area contributed by atoms with Crippen molar-refractivity contribution in [3.63, 3.8) is 0 Å². The Morgan fingerprint density at radius 1 is 1.30 bits per heavy atom. The lowest BCUT2D eigenvalue weighted by Crippen LogP contribution is -2.48. The minimum absolute atomic E-state index is 0.0187. The lowest BCUT2D eigenvalue weighted by molar-refractivity contribution is -0.135. The van der Waals surface area contributed by atoms with Gasteiger partial charge >= 0.3 is 0 Å². The molecule has 0 aliphatic carbocycles. The number of likely N-dealkylation sites (tertiary alicyclic amines) is 1. The van der Waals surface area contributed by atoms with Gasteiger partial charge in [-0.25, -0.2) is 0 Å². The van der Waals surface area contributed by atoms with Gasteiger partial charge in [-0.15, -0.1) is 0 Å². The molecule has 0 atom stereocenters. The van der Waals surface area contributed by atoms with E-state index in [0.29, 0.717) is 6.04 Å². The van der Waals surface area contributed by atoms with Gasteiger partial charge in [0.25, 0.3) is 0 Å². The highest BCUT2D eigenvalue weighted by atomic mass is 16.3. The van der Waals surface area contributed by atoms with E-state index in [0.717, 1.165) is 45.3 Å². The van der Waals surface area contributed by atoms with Crippen LogP contribution >= 0.6 is 0 Å². The average Bonchev–Trinajstić information content (AvgIpc) is 2.49. The predicted octanol–water partition coefficient (Wildman–Crippen LogP) is 2.02. The molecule has 0 spiro atoms. The molecule has 1 rings (SSSR count). The number of piperidine rings is 1. The number of nitrogens with one attached hydrogen (secondary N) is 1. The van der Waals surface area contributed by atoms with Crippen molar-refractivity contribution in [2.75, 3.05) is 26.2 Å². The van der Waals surface area contributed by atoms with Crippen molar-refractivity contribution < 1.29 is 9.90 Å². The average molecular weight is 284 g/mol. The molecule has 1 heterocycles. The molecule has 0 saturated carbocycles. The van der Waals surface area contributed by atoms with Gasteiger partial charge in [0, 0.05) is 43.6 Å². The molecule has 1 aliphatic rings. The maximum absolute atomic E-state index is 11.9. The summed E-state index contributed by atoms with van der Waals surface area (Å²) in [5.74, 6) is 0.372. The van der Waals surface area contributed by atoms with Crippen molar-refractivity contribution in [2.24, 2.45) is 11.3 Å². The number of nitrogens with zero attached hydrogens (tertiary/aromatic N) is 1. The lowest BCUT2D eigenvalue weighted by atomic mass is 9.83. The fourth-order valence-corrected chi connectivity index (χ4v) is 2.81. The number of aliphatic hydroxyl groups excluding tert-OH is 1. The van der Waals surface area contributed by atoms with Gasteiger partial charge in [-0.1, -0.05) is 27.7 Å². The van der Waals surface area contributed by atoms with Gasteiger partial charge in [-0.3, -0.25) is 4.79 Å². The molecule has 1 saturated heterocycles. The first-order chi connectivity index (χ1) is 9.48. The summed E-state index contributed by atoms with van der Waals surface area (Å²) < 4.78 is 0. The first kappa shape index (κ1) is 17.4. The van der Waals surface area contributed by atoms with Crippen LogP contribution in [0.1, 0.15) is 53.4 Å². The fourth-order valence-electron chi connectivity index (χ4n) is 2.81. The van der Waals surface area contributed by atoms with E-state index < -0.39 is 0 Å². The van der Waals surface area contributed by atoms with E-state index in [-0.39, 0.29) is 23.8 Å². The van der Waals surface area contributed by atoms with Crippen LogP contribution in [-0.4, -0.2) is 48.2 Å². The lowest BCUT2D eigenvalue weighted by Gasteiger charge is -2.36. The Labute approximate surface area is 123 Å². The molecule has 2 N–H and O–H groups in total. The maximum atomic E-state index is 11.9. The Kier molecular flexibility index (Phi) is 6.96. The molecule has 0 bridgehead atoms. The standard InChI is InChI=1S/C16H32N2O2/c1-5-16(6-2,12-19)11-17-14-7-9-18(10-8-14)15(20)13(3)4/h13-14,17,19H,5-12H2,1-4H3. The second-order valence-electron chi connectivity index (χ2n) is 6.50. The highest BCUT2D eigenvalue weighted by molar-refractivity contribution is 5.78. The first-order valence-electron chi connectivity index (χ1n) is 8.11. The quantitative estimate of drug-likeness (QED) is 0.752. The van der Waals surface area contributed by atoms with E-state index in [4.69, 9.17) is 0 Å². The fraction of sp³-hybridized carbons (Fsp3) is 0.938. The molecule has 0 aromatic rings. The Bertz CT molecular complexity index is 285. The minimum atomic E-state index is 0.0187. The number of carbonyl (C=O) groups excluding carboxylic acids is 1. The van der Waals surface area contributed by atoms with Crippen molar-refractivity contribution >= 4 is 5.91 Å². The second-order valence-corrected chi connectivity index (χ2v) is 6.50. The third kappa shape index (κ3) is 4.45. The summed E-state index contributed by atoms with van der Waals surface area (Å²) in [7, 11) is 0. The van der Waals surface area contributed by atoms with E-state index in [1.165, 1.54) is 0 Å². The minimum Gasteiger partial charge on any atom is -0.396 e. The van der Waals surface area contributed by atoms with Crippen LogP contribution in [0.25, 0.3) is 0 Å². The van der Waals surface area contributed by atoms with Gasteiger partial charge in [0.2, 0.25) is 5.91 Å². The molecule has 0 aromatic heterocycles. The number of hydrogen-bond donors (Lipinski definition) is 2. The van der Waals surface area contributed by atoms with E-state index in [1.54, 1.807) is 0 Å². The van der Waals surface area contributed by atoms with Gasteiger partial charge < -0.3 is 15.3 Å². The van der Waals surface area contributed by atoms with Gasteiger partial charge in [-0.2, -0.15) is 0 Å². The van der Waals surface area contributed by atoms with Crippen LogP contribution in [0.3, 0.4) is 0 Å². The van der Waals surface area contributed by atoms with Crippen LogP contribution in [-0.2, 0) is 4.79 Å². The third-order valence-corrected chi connectivity index (χ3v) is 4.90. The van der Waals surface area contributed by atoms with E-state index in [2.05, 4.69) is 19.2 Å². The van der Waals surface area contributed by atoms with E-state index in [1.807, 2.05) is 18.7 Å². The van der Waals surface area contributed by atoms with E-state index >= 15 is 0 Å². The third-order valence-electron chi connectivity index (χ3n) is 4.90. The number of amides is 1. The SMILES string of the molecule is CCC(CC)(CO)CNC1CCN(C(=O)C(C)C)CC1. The summed E-state index contributed by atoms with van der Waals surface area (Å²) in [6.45, 7) is 11.1. The van der Waals surface area contributed by atoms with Crippen LogP contribution in [0.5, 0.6) is 0 Å². The smallest absolute Gasteiger partial charge is 0.225 e. The molecule has 1 aliphatic heterocycles. The summed E-state index contributed by atoms with van der Waals surface area (Å²) in [6.07, 6.45) is 4.04. The predicted molar refractivity (Wildman–Crippen MR) is 82.5 cm³/mol. The van der Waals surface area contributed by atoms with Crippen LogP contribution in [0.4, 0.5) is 0 Å². The Hall–Kier alpha value is -0.610. The van der Waals surface area contributed by atoms with Gasteiger partial charge in [0.05, 0.1) is 0 Å². The van der Waals surface area contributed by atoms with Gasteiger partial charge in [-0.05, 0) is 25.7 Å². The molecule has 1 fully saturated rings. The molecule has 4 heteroatoms. The summed E-state index contributed by atoms with van der Waals surface area (Å²) in [4.78, 5) is 13.9. The van der Waals surface area contributed by atoms with Gasteiger partial charge in [0.1, 0.15) is 0 Å². The maximum Gasteiger partial charge on any atom is 0.225 e. The number of carbonyl (C=O) groups is 1. The largest absolute Gasteiger partial charge is 0.396 e. The summed E-state index contributed by atoms with van der Waals surface area (Å²) in [6, 6.07) is 0.482. The molecular formula is C16H32N2O2. The first-order valence-corrected chi connectivity index (χ1v) is 8.11. The van der Waals surface area contributed by atoms with Crippen molar-refractivity contribution in [2.45, 2.75) is 59.4 Å². The highest BCUT2D eigenvalue weighted by Crippen LogP contribution is 2.25. The van der Waals surface area contributed by atoms with Crippen LogP contribution < -0.4 is 5.32 Å². The number of aliphatic hydroxyl groups is 1. The zero-order chi connectivity index (χ0) is 15.2. The zero-order valence-corrected chi connectivity index (χ0v) is 13.6. The summed E-state index contributed by atoms with van der Waals surface area (Å²) in [5, 5.41) is 13.2. The number of rotatable bonds is 7. The molecule has 1 amide bonds. The van der Waals surface area contributed by atoms with E-state index in [9.17, 15) is 9.90 Å². The molecule has 0 radical (unpaired) electrons. The highest BCUT2D eigenvalue weighted by Gasteiger charge is 2.28. The van der Waals surface area contributed by atoms with Crippen LogP contribution in [0, 0.1) is 11.3 Å². The molecule has 118 valence electrons. The van der Waals surface area contributed by atoms with Crippen LogP contribution in [0.15, 0.2) is 0 Å². The second kappa shape index (κ2) is 7.99. The topological polar surface area (TPSA) is 52.6 Å². The monoisotopic (exact) mass is 284 g/mol. The Morgan fingerprint density at radius 2 is 1.85 bits per heavy atom. The van der Waals surface area contributed by atoms with Crippen LogP contribution in [0.2, 0.25) is 0 Å². The zero-order valence-electron chi connectivity index (χ0n) is 13.6. The molecule has 20 heavy (non-hydrogen) atoms. The summed E-state index contributed by atoms with van der Waals surface area (Å²) >= 11 is 0. The molecule has 0 unspecified atom stereocenters. The Morgan fingerprint density at radius 3 is 2.25 bits per heavy atom. The van der Waals surface area contributed by atoms with Crippen molar-refractivity contribution in [3.8, 4) is 0 Å². The normalized spacial score (nSPS) is 17.8. The Balaban J connectivity index is 2.37. The van der Waals surface area contributed by atoms with Crippen molar-refractivity contribution in [1.29, 1.82) is 0 Å².